The number of benzene rings is 1. The van der Waals surface area contributed by atoms with Gasteiger partial charge in [0.15, 0.2) is 0 Å². The first-order valence-electron chi connectivity index (χ1n) is 9.20. The van der Waals surface area contributed by atoms with Gasteiger partial charge in [0.25, 0.3) is 0 Å². The van der Waals surface area contributed by atoms with E-state index in [0.717, 1.165) is 6.07 Å². The highest BCUT2D eigenvalue weighted by Gasteiger charge is 2.58. The Labute approximate surface area is 187 Å². The van der Waals surface area contributed by atoms with E-state index >= 15 is 0 Å². The van der Waals surface area contributed by atoms with Gasteiger partial charge in [-0.05, 0) is 41.8 Å². The lowest BCUT2D eigenvalue weighted by Crippen LogP contribution is -2.42. The third-order valence-electron chi connectivity index (χ3n) is 5.29. The average molecular weight is 485 g/mol. The second-order valence-corrected chi connectivity index (χ2v) is 7.64. The molecule has 0 saturated carbocycles. The number of rotatable bonds is 3. The Morgan fingerprint density at radius 1 is 1.12 bits per heavy atom. The zero-order valence-electron chi connectivity index (χ0n) is 16.2. The summed E-state index contributed by atoms with van der Waals surface area (Å²) in [5, 5.41) is 12.7. The van der Waals surface area contributed by atoms with Crippen LogP contribution in [0.5, 0.6) is 0 Å². The highest BCUT2D eigenvalue weighted by molar-refractivity contribution is 6.29. The van der Waals surface area contributed by atoms with Gasteiger partial charge >= 0.3 is 12.4 Å². The molecule has 170 valence electrons. The zero-order valence-corrected chi connectivity index (χ0v) is 17.0. The predicted molar refractivity (Wildman–Crippen MR) is 104 cm³/mol. The molecule has 33 heavy (non-hydrogen) atoms. The van der Waals surface area contributed by atoms with E-state index in [0.29, 0.717) is 18.0 Å². The standard InChI is InChI=1S/C20H11ClF6N6/c21-17-5-13(4-16(32-17)19(22,23)24)18(20(25,26)27)6-14(30-8-18)11-1-2-15(12(3-11)7-28)33-10-29-9-31-33/h1-5,8-10,14H,6H2. The second kappa shape index (κ2) is 7.84. The highest BCUT2D eigenvalue weighted by atomic mass is 35.5. The number of aliphatic imine (C=N–C) groups is 1. The fourth-order valence-electron chi connectivity index (χ4n) is 3.66. The summed E-state index contributed by atoms with van der Waals surface area (Å²) in [4.78, 5) is 10.8. The SMILES string of the molecule is N#Cc1cc(C2CC(c3cc(Cl)nc(C(F)(F)F)c3)(C(F)(F)F)C=N2)ccc1-n1cncn1. The smallest absolute Gasteiger partial charge is 0.288 e. The fourth-order valence-corrected chi connectivity index (χ4v) is 3.87. The molecule has 0 saturated heterocycles. The van der Waals surface area contributed by atoms with Gasteiger partial charge in [0.05, 0.1) is 17.3 Å². The Morgan fingerprint density at radius 3 is 2.48 bits per heavy atom. The maximum atomic E-state index is 14.2. The molecule has 0 spiro atoms. The summed E-state index contributed by atoms with van der Waals surface area (Å²) in [5.41, 5.74) is -4.30. The molecule has 0 amide bonds. The molecule has 0 radical (unpaired) electrons. The van der Waals surface area contributed by atoms with E-state index in [1.807, 2.05) is 6.07 Å². The van der Waals surface area contributed by atoms with Crippen molar-refractivity contribution < 1.29 is 26.3 Å². The van der Waals surface area contributed by atoms with Crippen molar-refractivity contribution in [3.05, 3.63) is 70.5 Å². The number of alkyl halides is 6. The first-order chi connectivity index (χ1) is 15.4. The third-order valence-corrected chi connectivity index (χ3v) is 5.48. The van der Waals surface area contributed by atoms with Crippen molar-refractivity contribution in [3.8, 4) is 11.8 Å². The molecule has 4 rings (SSSR count). The Balaban J connectivity index is 1.76. The monoisotopic (exact) mass is 484 g/mol. The molecule has 1 aliphatic heterocycles. The van der Waals surface area contributed by atoms with Crippen LogP contribution in [0.15, 0.2) is 48.0 Å². The minimum absolute atomic E-state index is 0.115. The molecule has 2 aromatic heterocycles. The van der Waals surface area contributed by atoms with Crippen molar-refractivity contribution in [2.45, 2.75) is 30.2 Å². The Hall–Kier alpha value is -3.46. The highest BCUT2D eigenvalue weighted by Crippen LogP contribution is 2.51. The molecule has 3 aromatic rings. The van der Waals surface area contributed by atoms with E-state index in [4.69, 9.17) is 11.6 Å². The third kappa shape index (κ3) is 4.04. The molecule has 1 aliphatic rings. The molecule has 1 aromatic carbocycles. The van der Waals surface area contributed by atoms with Gasteiger partial charge in [-0.2, -0.15) is 36.7 Å². The molecule has 0 N–H and O–H groups in total. The van der Waals surface area contributed by atoms with Gasteiger partial charge in [0.1, 0.15) is 35.0 Å². The van der Waals surface area contributed by atoms with Crippen LogP contribution >= 0.6 is 11.6 Å². The summed E-state index contributed by atoms with van der Waals surface area (Å²) < 4.78 is 83.5. The van der Waals surface area contributed by atoms with E-state index in [-0.39, 0.29) is 11.1 Å². The van der Waals surface area contributed by atoms with Crippen molar-refractivity contribution in [2.24, 2.45) is 4.99 Å². The molecule has 6 nitrogen and oxygen atoms in total. The predicted octanol–water partition coefficient (Wildman–Crippen LogP) is 5.22. The first kappa shape index (κ1) is 22.7. The van der Waals surface area contributed by atoms with Crippen molar-refractivity contribution in [2.75, 3.05) is 0 Å². The van der Waals surface area contributed by atoms with Gasteiger partial charge in [-0.1, -0.05) is 17.7 Å². The topological polar surface area (TPSA) is 79.8 Å². The van der Waals surface area contributed by atoms with E-state index in [1.54, 1.807) is 0 Å². The average Bonchev–Trinajstić information content (AvgIpc) is 3.43. The number of aromatic nitrogens is 4. The molecule has 0 bridgehead atoms. The van der Waals surface area contributed by atoms with Crippen LogP contribution in [0.4, 0.5) is 26.3 Å². The number of nitriles is 1. The number of hydrogen-bond donors (Lipinski definition) is 0. The van der Waals surface area contributed by atoms with Crippen LogP contribution in [0.25, 0.3) is 5.69 Å². The van der Waals surface area contributed by atoms with Crippen molar-refractivity contribution in [1.29, 1.82) is 5.26 Å². The van der Waals surface area contributed by atoms with Gasteiger partial charge in [0, 0.05) is 6.21 Å². The van der Waals surface area contributed by atoms with Crippen LogP contribution in [-0.2, 0) is 11.6 Å². The van der Waals surface area contributed by atoms with Gasteiger partial charge < -0.3 is 0 Å². The molecule has 2 atom stereocenters. The molecular formula is C20H11ClF6N6. The van der Waals surface area contributed by atoms with Crippen LogP contribution < -0.4 is 0 Å². The maximum Gasteiger partial charge on any atom is 0.433 e. The summed E-state index contributed by atoms with van der Waals surface area (Å²) >= 11 is 5.63. The van der Waals surface area contributed by atoms with E-state index < -0.39 is 46.6 Å². The maximum absolute atomic E-state index is 14.2. The Bertz CT molecular complexity index is 1260. The van der Waals surface area contributed by atoms with E-state index in [2.05, 4.69) is 20.1 Å². The summed E-state index contributed by atoms with van der Waals surface area (Å²) in [6, 6.07) is 6.31. The molecule has 13 heteroatoms. The van der Waals surface area contributed by atoms with Crippen molar-refractivity contribution >= 4 is 17.8 Å². The number of nitrogens with zero attached hydrogens (tertiary/aromatic N) is 6. The van der Waals surface area contributed by atoms with Crippen LogP contribution in [-0.4, -0.2) is 32.1 Å². The Kier molecular flexibility index (Phi) is 5.40. The molecule has 0 fully saturated rings. The largest absolute Gasteiger partial charge is 0.433 e. The van der Waals surface area contributed by atoms with Gasteiger partial charge in [-0.15, -0.1) is 0 Å². The lowest BCUT2D eigenvalue weighted by Gasteiger charge is -2.31. The Morgan fingerprint density at radius 2 is 1.88 bits per heavy atom. The minimum atomic E-state index is -4.99. The quantitative estimate of drug-likeness (QED) is 0.377. The number of halogens is 7. The van der Waals surface area contributed by atoms with Gasteiger partial charge in [-0.3, -0.25) is 4.99 Å². The van der Waals surface area contributed by atoms with Crippen LogP contribution in [0.1, 0.15) is 34.8 Å². The summed E-state index contributed by atoms with van der Waals surface area (Å²) in [6.45, 7) is 0. The minimum Gasteiger partial charge on any atom is -0.288 e. The summed E-state index contributed by atoms with van der Waals surface area (Å²) in [7, 11) is 0. The summed E-state index contributed by atoms with van der Waals surface area (Å²) in [5.74, 6) is 0. The van der Waals surface area contributed by atoms with Crippen LogP contribution in [0, 0.1) is 11.3 Å². The fraction of sp³-hybridized carbons (Fsp3) is 0.250. The zero-order chi connectivity index (χ0) is 24.0. The van der Waals surface area contributed by atoms with E-state index in [9.17, 15) is 31.6 Å². The van der Waals surface area contributed by atoms with Crippen molar-refractivity contribution in [1.82, 2.24) is 19.7 Å². The van der Waals surface area contributed by atoms with Crippen LogP contribution in [0.2, 0.25) is 5.15 Å². The van der Waals surface area contributed by atoms with Crippen LogP contribution in [0.3, 0.4) is 0 Å². The molecular weight excluding hydrogens is 474 g/mol. The lowest BCUT2D eigenvalue weighted by atomic mass is 9.77. The first-order valence-corrected chi connectivity index (χ1v) is 9.58. The number of pyridine rings is 1. The molecule has 3 heterocycles. The molecule has 2 unspecified atom stereocenters. The van der Waals surface area contributed by atoms with Crippen molar-refractivity contribution in [3.63, 3.8) is 0 Å². The summed E-state index contributed by atoms with van der Waals surface area (Å²) in [6.07, 6.45) is -7.47. The normalized spacial score (nSPS) is 20.7. The van der Waals surface area contributed by atoms with Gasteiger partial charge in [0.2, 0.25) is 0 Å². The molecule has 0 aliphatic carbocycles. The van der Waals surface area contributed by atoms with Gasteiger partial charge in [-0.25, -0.2) is 14.6 Å². The lowest BCUT2D eigenvalue weighted by molar-refractivity contribution is -0.169. The second-order valence-electron chi connectivity index (χ2n) is 7.26. The van der Waals surface area contributed by atoms with E-state index in [1.165, 1.54) is 35.5 Å². The number of hydrogen-bond acceptors (Lipinski definition) is 5.